The van der Waals surface area contributed by atoms with E-state index in [2.05, 4.69) is 15.3 Å². The molecule has 1 aromatic heterocycles. The lowest BCUT2D eigenvalue weighted by molar-refractivity contribution is -0.115. The van der Waals surface area contributed by atoms with Crippen molar-refractivity contribution in [2.45, 2.75) is 20.3 Å². The van der Waals surface area contributed by atoms with Crippen molar-refractivity contribution >= 4 is 23.1 Å². The molecular weight excluding hydrogens is 266 g/mol. The molecule has 0 aliphatic carbocycles. The van der Waals surface area contributed by atoms with Crippen LogP contribution in [-0.2, 0) is 4.79 Å². The second-order valence-electron chi connectivity index (χ2n) is 4.73. The van der Waals surface area contributed by atoms with Crippen LogP contribution in [0.1, 0.15) is 18.9 Å². The molecule has 5 heteroatoms. The summed E-state index contributed by atoms with van der Waals surface area (Å²) in [6, 6.07) is 10.7. The second-order valence-corrected chi connectivity index (χ2v) is 4.73. The predicted molar refractivity (Wildman–Crippen MR) is 83.1 cm³/mol. The Morgan fingerprint density at radius 3 is 2.76 bits per heavy atom. The zero-order chi connectivity index (χ0) is 15.2. The zero-order valence-electron chi connectivity index (χ0n) is 12.0. The first-order valence-corrected chi connectivity index (χ1v) is 6.60. The van der Waals surface area contributed by atoms with Gasteiger partial charge in [-0.2, -0.15) is 0 Å². The summed E-state index contributed by atoms with van der Waals surface area (Å²) in [5.41, 5.74) is 2.37. The van der Waals surface area contributed by atoms with Gasteiger partial charge >= 0.3 is 0 Å². The minimum absolute atomic E-state index is 0.00355. The highest BCUT2D eigenvalue weighted by atomic mass is 16.3. The highest BCUT2D eigenvalue weighted by Crippen LogP contribution is 2.22. The Hall–Kier alpha value is -2.69. The maximum absolute atomic E-state index is 12.0. The molecule has 1 amide bonds. The number of nitrogens with one attached hydrogen (secondary N) is 1. The number of pyridine rings is 1. The summed E-state index contributed by atoms with van der Waals surface area (Å²) in [5.74, 6) is 0.0656. The molecule has 1 heterocycles. The maximum Gasteiger partial charge on any atom is 0.230 e. The van der Waals surface area contributed by atoms with Gasteiger partial charge in [0.25, 0.3) is 0 Å². The Balaban J connectivity index is 2.03. The summed E-state index contributed by atoms with van der Waals surface area (Å²) < 4.78 is 0. The van der Waals surface area contributed by atoms with Gasteiger partial charge < -0.3 is 10.4 Å². The monoisotopic (exact) mass is 283 g/mol. The van der Waals surface area contributed by atoms with Crippen LogP contribution >= 0.6 is 0 Å². The van der Waals surface area contributed by atoms with E-state index in [1.807, 2.05) is 31.2 Å². The van der Waals surface area contributed by atoms with E-state index in [1.165, 1.54) is 6.07 Å². The lowest BCUT2D eigenvalue weighted by atomic mass is 10.2. The number of nitrogens with zero attached hydrogens (tertiary/aromatic N) is 2. The molecule has 2 N–H and O–H groups in total. The van der Waals surface area contributed by atoms with Crippen molar-refractivity contribution in [2.75, 3.05) is 5.32 Å². The van der Waals surface area contributed by atoms with Gasteiger partial charge in [0.05, 0.1) is 6.42 Å². The van der Waals surface area contributed by atoms with E-state index in [0.717, 1.165) is 11.3 Å². The summed E-state index contributed by atoms with van der Waals surface area (Å²) in [5, 5.41) is 12.4. The molecule has 0 radical (unpaired) electrons. The van der Waals surface area contributed by atoms with Gasteiger partial charge in [-0.1, -0.05) is 18.2 Å². The van der Waals surface area contributed by atoms with Gasteiger partial charge in [-0.15, -0.1) is 0 Å². The molecule has 2 aromatic rings. The van der Waals surface area contributed by atoms with E-state index >= 15 is 0 Å². The third-order valence-corrected chi connectivity index (χ3v) is 2.90. The third-order valence-electron chi connectivity index (χ3n) is 2.90. The van der Waals surface area contributed by atoms with Crippen molar-refractivity contribution in [3.05, 3.63) is 48.2 Å². The standard InChI is InChI=1S/C16H17N3O2/c1-11-6-3-4-7-13(11)19-15(21)10-12(2)18-16-14(20)8-5-9-17-16/h3-9,20H,10H2,1-2H3,(H,19,21)/b18-12+. The fraction of sp³-hybridized carbons (Fsp3) is 0.188. The molecule has 108 valence electrons. The van der Waals surface area contributed by atoms with E-state index < -0.39 is 0 Å². The summed E-state index contributed by atoms with van der Waals surface area (Å²) >= 11 is 0. The molecule has 0 fully saturated rings. The summed E-state index contributed by atoms with van der Waals surface area (Å²) in [7, 11) is 0. The Morgan fingerprint density at radius 1 is 1.29 bits per heavy atom. The first-order valence-electron chi connectivity index (χ1n) is 6.60. The van der Waals surface area contributed by atoms with Crippen LogP contribution < -0.4 is 5.32 Å². The molecule has 5 nitrogen and oxygen atoms in total. The molecule has 0 spiro atoms. The fourth-order valence-corrected chi connectivity index (χ4v) is 1.83. The van der Waals surface area contributed by atoms with Crippen LogP contribution in [0.25, 0.3) is 0 Å². The summed E-state index contributed by atoms with van der Waals surface area (Å²) in [6.45, 7) is 3.66. The third kappa shape index (κ3) is 4.14. The Morgan fingerprint density at radius 2 is 2.05 bits per heavy atom. The first kappa shape index (κ1) is 14.7. The van der Waals surface area contributed by atoms with E-state index in [0.29, 0.717) is 5.71 Å². The Labute approximate surface area is 123 Å². The minimum atomic E-state index is -0.152. The summed E-state index contributed by atoms with van der Waals surface area (Å²) in [6.07, 6.45) is 1.68. The van der Waals surface area contributed by atoms with Gasteiger partial charge in [0.2, 0.25) is 5.91 Å². The number of benzene rings is 1. The molecular formula is C16H17N3O2. The smallest absolute Gasteiger partial charge is 0.230 e. The van der Waals surface area contributed by atoms with Crippen LogP contribution in [0, 0.1) is 6.92 Å². The molecule has 1 aromatic carbocycles. The number of aryl methyl sites for hydroxylation is 1. The van der Waals surface area contributed by atoms with Gasteiger partial charge in [0.1, 0.15) is 0 Å². The topological polar surface area (TPSA) is 74.6 Å². The average molecular weight is 283 g/mol. The number of aliphatic imine (C=N–C) groups is 1. The van der Waals surface area contributed by atoms with Crippen molar-refractivity contribution in [3.8, 4) is 5.75 Å². The number of carbonyl (C=O) groups excluding carboxylic acids is 1. The molecule has 0 saturated carbocycles. The van der Waals surface area contributed by atoms with Gasteiger partial charge in [0.15, 0.2) is 11.6 Å². The fourth-order valence-electron chi connectivity index (χ4n) is 1.83. The number of hydrogen-bond donors (Lipinski definition) is 2. The average Bonchev–Trinajstić information content (AvgIpc) is 2.44. The van der Waals surface area contributed by atoms with Gasteiger partial charge in [-0.05, 0) is 37.6 Å². The van der Waals surface area contributed by atoms with Gasteiger partial charge in [-0.3, -0.25) is 4.79 Å². The van der Waals surface area contributed by atoms with E-state index in [-0.39, 0.29) is 23.9 Å². The van der Waals surface area contributed by atoms with Crippen LogP contribution in [0.4, 0.5) is 11.5 Å². The van der Waals surface area contributed by atoms with Gasteiger partial charge in [0, 0.05) is 17.6 Å². The number of hydrogen-bond acceptors (Lipinski definition) is 4. The lowest BCUT2D eigenvalue weighted by Crippen LogP contribution is -2.15. The number of rotatable bonds is 4. The van der Waals surface area contributed by atoms with Crippen molar-refractivity contribution in [1.29, 1.82) is 0 Å². The van der Waals surface area contributed by atoms with Gasteiger partial charge in [-0.25, -0.2) is 9.98 Å². The Kier molecular flexibility index (Phi) is 4.66. The molecule has 0 saturated heterocycles. The quantitative estimate of drug-likeness (QED) is 0.846. The van der Waals surface area contributed by atoms with Crippen molar-refractivity contribution in [2.24, 2.45) is 4.99 Å². The largest absolute Gasteiger partial charge is 0.504 e. The number of aromatic nitrogens is 1. The number of aromatic hydroxyl groups is 1. The maximum atomic E-state index is 12.0. The zero-order valence-corrected chi connectivity index (χ0v) is 12.0. The summed E-state index contributed by atoms with van der Waals surface area (Å²) in [4.78, 5) is 20.1. The highest BCUT2D eigenvalue weighted by Gasteiger charge is 2.07. The molecule has 21 heavy (non-hydrogen) atoms. The van der Waals surface area contributed by atoms with E-state index in [1.54, 1.807) is 19.2 Å². The SMILES string of the molecule is C/C(CC(=O)Nc1ccccc1C)=N\c1ncccc1O. The number of carbonyl (C=O) groups is 1. The van der Waals surface area contributed by atoms with Crippen LogP contribution in [0.5, 0.6) is 5.75 Å². The normalized spacial score (nSPS) is 11.2. The molecule has 0 bridgehead atoms. The van der Waals surface area contributed by atoms with Crippen molar-refractivity contribution < 1.29 is 9.90 Å². The van der Waals surface area contributed by atoms with Crippen LogP contribution in [0.3, 0.4) is 0 Å². The second kappa shape index (κ2) is 6.65. The highest BCUT2D eigenvalue weighted by molar-refractivity contribution is 6.06. The molecule has 2 rings (SSSR count). The predicted octanol–water partition coefficient (Wildman–Crippen LogP) is 3.22. The molecule has 0 aliphatic heterocycles. The molecule has 0 unspecified atom stereocenters. The van der Waals surface area contributed by atoms with Crippen LogP contribution in [-0.4, -0.2) is 21.7 Å². The first-order chi connectivity index (χ1) is 10.1. The van der Waals surface area contributed by atoms with Crippen LogP contribution in [0.15, 0.2) is 47.6 Å². The molecule has 0 aliphatic rings. The van der Waals surface area contributed by atoms with Crippen LogP contribution in [0.2, 0.25) is 0 Å². The molecule has 0 atom stereocenters. The number of para-hydroxylation sites is 1. The lowest BCUT2D eigenvalue weighted by Gasteiger charge is -2.08. The van der Waals surface area contributed by atoms with Crippen molar-refractivity contribution in [1.82, 2.24) is 4.98 Å². The minimum Gasteiger partial charge on any atom is -0.504 e. The van der Waals surface area contributed by atoms with E-state index in [4.69, 9.17) is 0 Å². The Bertz CT molecular complexity index is 681. The number of anilines is 1. The van der Waals surface area contributed by atoms with E-state index in [9.17, 15) is 9.90 Å². The number of amides is 1. The van der Waals surface area contributed by atoms with Crippen molar-refractivity contribution in [3.63, 3.8) is 0 Å².